The lowest BCUT2D eigenvalue weighted by atomic mass is 10.1. The molecule has 1 atom stereocenters. The Hall–Kier alpha value is -3.59. The van der Waals surface area contributed by atoms with Crippen molar-refractivity contribution in [3.63, 3.8) is 0 Å². The molecular formula is C20H17N3O6. The molecule has 2 heterocycles. The summed E-state index contributed by atoms with van der Waals surface area (Å²) in [4.78, 5) is 49.4. The fraction of sp³-hybridized carbons (Fsp3) is 0.250. The van der Waals surface area contributed by atoms with E-state index in [1.54, 1.807) is 0 Å². The van der Waals surface area contributed by atoms with Crippen molar-refractivity contribution in [1.29, 1.82) is 0 Å². The van der Waals surface area contributed by atoms with Crippen LogP contribution in [-0.2, 0) is 4.74 Å². The molecule has 0 bridgehead atoms. The zero-order valence-corrected chi connectivity index (χ0v) is 15.3. The van der Waals surface area contributed by atoms with Gasteiger partial charge in [0, 0.05) is 18.4 Å². The summed E-state index contributed by atoms with van der Waals surface area (Å²) in [6.07, 6.45) is 1.54. The number of ether oxygens (including phenoxy) is 1. The molecule has 4 rings (SSSR count). The second-order valence-electron chi connectivity index (χ2n) is 6.84. The first-order chi connectivity index (χ1) is 14.0. The first-order valence-electron chi connectivity index (χ1n) is 9.12. The maximum absolute atomic E-state index is 12.7. The van der Waals surface area contributed by atoms with Gasteiger partial charge in [-0.2, -0.15) is 0 Å². The molecule has 1 fully saturated rings. The van der Waals surface area contributed by atoms with Gasteiger partial charge in [-0.3, -0.25) is 29.4 Å². The van der Waals surface area contributed by atoms with Crippen LogP contribution in [0.3, 0.4) is 0 Å². The molecule has 0 saturated carbocycles. The number of anilines is 1. The van der Waals surface area contributed by atoms with Crippen LogP contribution in [0.4, 0.5) is 11.4 Å². The van der Waals surface area contributed by atoms with Crippen LogP contribution in [-0.4, -0.2) is 46.8 Å². The number of carbonyl (C=O) groups is 3. The van der Waals surface area contributed by atoms with Crippen LogP contribution in [0.2, 0.25) is 0 Å². The van der Waals surface area contributed by atoms with E-state index in [0.717, 1.165) is 17.7 Å². The molecule has 9 nitrogen and oxygen atoms in total. The number of amides is 3. The van der Waals surface area contributed by atoms with E-state index >= 15 is 0 Å². The number of hydrogen-bond donors (Lipinski definition) is 1. The van der Waals surface area contributed by atoms with Crippen molar-refractivity contribution in [1.82, 2.24) is 4.90 Å². The van der Waals surface area contributed by atoms with Crippen LogP contribution in [0.5, 0.6) is 0 Å². The highest BCUT2D eigenvalue weighted by molar-refractivity contribution is 6.22. The smallest absolute Gasteiger partial charge is 0.282 e. The van der Waals surface area contributed by atoms with E-state index in [0.29, 0.717) is 6.61 Å². The summed E-state index contributed by atoms with van der Waals surface area (Å²) in [5.74, 6) is -1.51. The first kappa shape index (κ1) is 18.8. The maximum atomic E-state index is 12.7. The molecule has 2 aliphatic rings. The van der Waals surface area contributed by atoms with Crippen LogP contribution >= 0.6 is 0 Å². The van der Waals surface area contributed by atoms with Crippen molar-refractivity contribution in [3.8, 4) is 0 Å². The van der Waals surface area contributed by atoms with Gasteiger partial charge in [-0.1, -0.05) is 12.1 Å². The Morgan fingerprint density at radius 3 is 2.66 bits per heavy atom. The van der Waals surface area contributed by atoms with Gasteiger partial charge in [0.25, 0.3) is 23.4 Å². The highest BCUT2D eigenvalue weighted by Crippen LogP contribution is 2.28. The number of nitrogens with zero attached hydrogens (tertiary/aromatic N) is 2. The van der Waals surface area contributed by atoms with Gasteiger partial charge in [0.05, 0.1) is 28.7 Å². The molecule has 2 aliphatic heterocycles. The van der Waals surface area contributed by atoms with Crippen molar-refractivity contribution in [2.24, 2.45) is 0 Å². The normalized spacial score (nSPS) is 18.1. The van der Waals surface area contributed by atoms with Crippen molar-refractivity contribution >= 4 is 29.1 Å². The van der Waals surface area contributed by atoms with Gasteiger partial charge in [-0.15, -0.1) is 0 Å². The van der Waals surface area contributed by atoms with Crippen LogP contribution < -0.4 is 5.32 Å². The van der Waals surface area contributed by atoms with Gasteiger partial charge in [0.15, 0.2) is 0 Å². The first-order valence-corrected chi connectivity index (χ1v) is 9.12. The Morgan fingerprint density at radius 1 is 1.17 bits per heavy atom. The minimum absolute atomic E-state index is 0.0968. The molecule has 9 heteroatoms. The Morgan fingerprint density at radius 2 is 1.93 bits per heavy atom. The molecule has 0 aliphatic carbocycles. The van der Waals surface area contributed by atoms with E-state index in [1.165, 1.54) is 42.5 Å². The molecular weight excluding hydrogens is 378 g/mol. The fourth-order valence-electron chi connectivity index (χ4n) is 3.55. The lowest BCUT2D eigenvalue weighted by molar-refractivity contribution is -0.385. The zero-order valence-electron chi connectivity index (χ0n) is 15.3. The summed E-state index contributed by atoms with van der Waals surface area (Å²) in [7, 11) is 0. The average molecular weight is 395 g/mol. The van der Waals surface area contributed by atoms with Crippen LogP contribution in [0.15, 0.2) is 42.5 Å². The Bertz CT molecular complexity index is 1030. The SMILES string of the molecule is O=C(Nc1ccc2c(c1)C(=O)N(CC1CCCO1)C2=O)c1ccccc1[N+](=O)[O-]. The number of carbonyl (C=O) groups excluding carboxylic acids is 3. The standard InChI is InChI=1S/C20H17N3O6/c24-18(15-5-1-2-6-17(15)23(27)28)21-12-7-8-14-16(10-12)20(26)22(19(14)25)11-13-4-3-9-29-13/h1-2,5-8,10,13H,3-4,9,11H2,(H,21,24). The predicted octanol–water partition coefficient (Wildman–Crippen LogP) is 2.62. The van der Waals surface area contributed by atoms with E-state index in [2.05, 4.69) is 5.32 Å². The van der Waals surface area contributed by atoms with Crippen LogP contribution in [0.1, 0.15) is 43.9 Å². The molecule has 1 unspecified atom stereocenters. The number of imide groups is 1. The molecule has 2 aromatic rings. The summed E-state index contributed by atoms with van der Waals surface area (Å²) in [6, 6.07) is 9.96. The van der Waals surface area contributed by atoms with Gasteiger partial charge in [0.2, 0.25) is 0 Å². The molecule has 1 saturated heterocycles. The average Bonchev–Trinajstić information content (AvgIpc) is 3.31. The highest BCUT2D eigenvalue weighted by Gasteiger charge is 2.37. The van der Waals surface area contributed by atoms with Crippen LogP contribution in [0, 0.1) is 10.1 Å². The summed E-state index contributed by atoms with van der Waals surface area (Å²) >= 11 is 0. The molecule has 2 aromatic carbocycles. The van der Waals surface area contributed by atoms with E-state index < -0.39 is 22.6 Å². The van der Waals surface area contributed by atoms with Gasteiger partial charge < -0.3 is 10.1 Å². The quantitative estimate of drug-likeness (QED) is 0.472. The number of fused-ring (bicyclic) bond motifs is 1. The molecule has 0 radical (unpaired) electrons. The van der Waals surface area contributed by atoms with Gasteiger partial charge in [-0.05, 0) is 37.1 Å². The van der Waals surface area contributed by atoms with Crippen molar-refractivity contribution in [3.05, 3.63) is 69.3 Å². The Kier molecular flexibility index (Phi) is 4.81. The lowest BCUT2D eigenvalue weighted by Crippen LogP contribution is -2.36. The van der Waals surface area contributed by atoms with Crippen LogP contribution in [0.25, 0.3) is 0 Å². The molecule has 1 N–H and O–H groups in total. The van der Waals surface area contributed by atoms with E-state index in [1.807, 2.05) is 0 Å². The van der Waals surface area contributed by atoms with Crippen molar-refractivity contribution in [2.45, 2.75) is 18.9 Å². The minimum Gasteiger partial charge on any atom is -0.376 e. The van der Waals surface area contributed by atoms with E-state index in [-0.39, 0.29) is 40.7 Å². The largest absolute Gasteiger partial charge is 0.376 e. The number of hydrogen-bond acceptors (Lipinski definition) is 6. The number of para-hydroxylation sites is 1. The third-order valence-corrected chi connectivity index (χ3v) is 4.98. The molecule has 0 spiro atoms. The van der Waals surface area contributed by atoms with Crippen molar-refractivity contribution in [2.75, 3.05) is 18.5 Å². The molecule has 148 valence electrons. The maximum Gasteiger partial charge on any atom is 0.282 e. The minimum atomic E-state index is -0.676. The summed E-state index contributed by atoms with van der Waals surface area (Å²) in [5, 5.41) is 13.7. The third kappa shape index (κ3) is 3.47. The van der Waals surface area contributed by atoms with Crippen molar-refractivity contribution < 1.29 is 24.0 Å². The number of nitro groups is 1. The monoisotopic (exact) mass is 395 g/mol. The molecule has 29 heavy (non-hydrogen) atoms. The highest BCUT2D eigenvalue weighted by atomic mass is 16.6. The molecule has 3 amide bonds. The van der Waals surface area contributed by atoms with E-state index in [4.69, 9.17) is 4.74 Å². The molecule has 0 aromatic heterocycles. The zero-order chi connectivity index (χ0) is 20.5. The Balaban J connectivity index is 1.55. The summed E-state index contributed by atoms with van der Waals surface area (Å²) < 4.78 is 5.51. The number of nitrogens with one attached hydrogen (secondary N) is 1. The number of benzene rings is 2. The van der Waals surface area contributed by atoms with E-state index in [9.17, 15) is 24.5 Å². The third-order valence-electron chi connectivity index (χ3n) is 4.98. The lowest BCUT2D eigenvalue weighted by Gasteiger charge is -2.17. The summed E-state index contributed by atoms with van der Waals surface area (Å²) in [6.45, 7) is 0.819. The van der Waals surface area contributed by atoms with Gasteiger partial charge in [-0.25, -0.2) is 0 Å². The Labute approximate surface area is 165 Å². The second-order valence-corrected chi connectivity index (χ2v) is 6.84. The van der Waals surface area contributed by atoms with Gasteiger partial charge >= 0.3 is 0 Å². The summed E-state index contributed by atoms with van der Waals surface area (Å²) in [5.41, 5.74) is 0.303. The van der Waals surface area contributed by atoms with Gasteiger partial charge in [0.1, 0.15) is 5.56 Å². The predicted molar refractivity (Wildman–Crippen MR) is 102 cm³/mol. The second kappa shape index (κ2) is 7.44. The topological polar surface area (TPSA) is 119 Å². The number of rotatable bonds is 5. The number of nitro benzene ring substituents is 1. The fourth-order valence-corrected chi connectivity index (χ4v) is 3.55.